The topological polar surface area (TPSA) is 44.1 Å². The summed E-state index contributed by atoms with van der Waals surface area (Å²) in [4.78, 5) is 11.6. The van der Waals surface area contributed by atoms with Crippen LogP contribution in [0.4, 0.5) is 0 Å². The van der Waals surface area contributed by atoms with Crippen molar-refractivity contribution in [3.8, 4) is 0 Å². The maximum Gasteiger partial charge on any atom is 0.358 e. The molecular weight excluding hydrogens is 240 g/mol. The number of carbonyl (C=O) groups excluding carboxylic acids is 1. The van der Waals surface area contributed by atoms with Crippen molar-refractivity contribution in [2.75, 3.05) is 6.61 Å². The Hall–Kier alpha value is -2.10. The van der Waals surface area contributed by atoms with Gasteiger partial charge in [-0.1, -0.05) is 24.3 Å². The second-order valence-electron chi connectivity index (χ2n) is 4.48. The number of hydrogen-bond acceptors (Lipinski definition) is 3. The monoisotopic (exact) mass is 258 g/mol. The molecule has 0 radical (unpaired) electrons. The van der Waals surface area contributed by atoms with Crippen molar-refractivity contribution < 1.29 is 9.53 Å². The average molecular weight is 258 g/mol. The highest BCUT2D eigenvalue weighted by Crippen LogP contribution is 2.12. The van der Waals surface area contributed by atoms with Gasteiger partial charge in [0.1, 0.15) is 0 Å². The predicted molar refractivity (Wildman–Crippen MR) is 73.2 cm³/mol. The summed E-state index contributed by atoms with van der Waals surface area (Å²) in [6.07, 6.45) is 0. The molecule has 0 aliphatic carbocycles. The molecule has 4 nitrogen and oxygen atoms in total. The minimum atomic E-state index is -0.367. The van der Waals surface area contributed by atoms with Gasteiger partial charge in [0.05, 0.1) is 13.2 Å². The number of benzene rings is 1. The third-order valence-corrected chi connectivity index (χ3v) is 3.05. The van der Waals surface area contributed by atoms with Crippen LogP contribution in [0.15, 0.2) is 30.3 Å². The third kappa shape index (κ3) is 3.02. The first-order chi connectivity index (χ1) is 9.11. The summed E-state index contributed by atoms with van der Waals surface area (Å²) in [5.41, 5.74) is 3.73. The molecule has 0 atom stereocenters. The van der Waals surface area contributed by atoms with Crippen molar-refractivity contribution >= 4 is 5.97 Å². The summed E-state index contributed by atoms with van der Waals surface area (Å²) in [6.45, 7) is 6.82. The third-order valence-electron chi connectivity index (χ3n) is 3.05. The Labute approximate surface area is 113 Å². The zero-order chi connectivity index (χ0) is 13.8. The van der Waals surface area contributed by atoms with E-state index in [4.69, 9.17) is 4.74 Å². The molecule has 0 N–H and O–H groups in total. The lowest BCUT2D eigenvalue weighted by Gasteiger charge is -2.07. The van der Waals surface area contributed by atoms with Gasteiger partial charge >= 0.3 is 5.97 Å². The molecule has 0 saturated carbocycles. The van der Waals surface area contributed by atoms with Crippen LogP contribution in [0.3, 0.4) is 0 Å². The molecule has 0 aliphatic heterocycles. The van der Waals surface area contributed by atoms with Crippen LogP contribution in [-0.4, -0.2) is 22.4 Å². The van der Waals surface area contributed by atoms with Gasteiger partial charge in [-0.15, -0.1) is 0 Å². The fourth-order valence-electron chi connectivity index (χ4n) is 1.92. The lowest BCUT2D eigenvalue weighted by Crippen LogP contribution is -2.09. The number of ether oxygens (including phenoxy) is 1. The van der Waals surface area contributed by atoms with Crippen LogP contribution >= 0.6 is 0 Å². The van der Waals surface area contributed by atoms with E-state index in [0.29, 0.717) is 18.8 Å². The highest BCUT2D eigenvalue weighted by atomic mass is 16.5. The summed E-state index contributed by atoms with van der Waals surface area (Å²) in [6, 6.07) is 9.92. The smallest absolute Gasteiger partial charge is 0.358 e. The normalized spacial score (nSPS) is 10.5. The molecule has 0 amide bonds. The number of aryl methyl sites for hydroxylation is 2. The van der Waals surface area contributed by atoms with E-state index in [0.717, 1.165) is 5.69 Å². The zero-order valence-corrected chi connectivity index (χ0v) is 11.5. The van der Waals surface area contributed by atoms with E-state index < -0.39 is 0 Å². The van der Waals surface area contributed by atoms with Gasteiger partial charge in [-0.05, 0) is 38.0 Å². The van der Waals surface area contributed by atoms with Crippen LogP contribution in [0.25, 0.3) is 0 Å². The lowest BCUT2D eigenvalue weighted by atomic mass is 10.1. The van der Waals surface area contributed by atoms with Crippen molar-refractivity contribution in [1.82, 2.24) is 9.78 Å². The van der Waals surface area contributed by atoms with E-state index in [1.807, 2.05) is 23.7 Å². The van der Waals surface area contributed by atoms with E-state index in [-0.39, 0.29) is 5.97 Å². The van der Waals surface area contributed by atoms with Gasteiger partial charge in [0.15, 0.2) is 5.69 Å². The maximum absolute atomic E-state index is 11.6. The number of hydrogen-bond donors (Lipinski definition) is 0. The summed E-state index contributed by atoms with van der Waals surface area (Å²) >= 11 is 0. The fourth-order valence-corrected chi connectivity index (χ4v) is 1.92. The average Bonchev–Trinajstić information content (AvgIpc) is 2.74. The van der Waals surface area contributed by atoms with Gasteiger partial charge < -0.3 is 4.74 Å². The SMILES string of the molecule is CCOC(=O)c1cc(C)n(Cc2ccccc2C)n1. The first kappa shape index (κ1) is 13.3. The van der Waals surface area contributed by atoms with Gasteiger partial charge in [0.2, 0.25) is 0 Å². The standard InChI is InChI=1S/C15H18N2O2/c1-4-19-15(18)14-9-12(3)17(16-14)10-13-8-6-5-7-11(13)2/h5-9H,4,10H2,1-3H3. The molecule has 1 aromatic heterocycles. The number of aromatic nitrogens is 2. The highest BCUT2D eigenvalue weighted by Gasteiger charge is 2.13. The van der Waals surface area contributed by atoms with E-state index in [2.05, 4.69) is 24.2 Å². The molecular formula is C15H18N2O2. The Balaban J connectivity index is 2.22. The molecule has 2 rings (SSSR count). The Bertz CT molecular complexity index is 588. The van der Waals surface area contributed by atoms with Crippen LogP contribution in [0.2, 0.25) is 0 Å². The molecule has 2 aromatic rings. The maximum atomic E-state index is 11.6. The van der Waals surface area contributed by atoms with Gasteiger partial charge in [0, 0.05) is 5.69 Å². The number of rotatable bonds is 4. The molecule has 1 heterocycles. The van der Waals surface area contributed by atoms with Gasteiger partial charge in [-0.25, -0.2) is 4.79 Å². The van der Waals surface area contributed by atoms with Crippen LogP contribution in [0.5, 0.6) is 0 Å². The molecule has 0 saturated heterocycles. The second kappa shape index (κ2) is 5.69. The summed E-state index contributed by atoms with van der Waals surface area (Å²) in [5, 5.41) is 4.31. The first-order valence-electron chi connectivity index (χ1n) is 6.38. The molecule has 0 fully saturated rings. The van der Waals surface area contributed by atoms with Gasteiger partial charge in [-0.2, -0.15) is 5.10 Å². The second-order valence-corrected chi connectivity index (χ2v) is 4.48. The predicted octanol–water partition coefficient (Wildman–Crippen LogP) is 2.72. The summed E-state index contributed by atoms with van der Waals surface area (Å²) in [5.74, 6) is -0.367. The Morgan fingerprint density at radius 1 is 1.32 bits per heavy atom. The van der Waals surface area contributed by atoms with Gasteiger partial charge in [-0.3, -0.25) is 4.68 Å². The molecule has 19 heavy (non-hydrogen) atoms. The van der Waals surface area contributed by atoms with Crippen LogP contribution in [0, 0.1) is 13.8 Å². The minimum Gasteiger partial charge on any atom is -0.461 e. The van der Waals surface area contributed by atoms with Crippen molar-refractivity contribution in [3.05, 3.63) is 52.8 Å². The molecule has 1 aromatic carbocycles. The highest BCUT2D eigenvalue weighted by molar-refractivity contribution is 5.87. The Morgan fingerprint density at radius 3 is 2.74 bits per heavy atom. The number of carbonyl (C=O) groups is 1. The van der Waals surface area contributed by atoms with Crippen LogP contribution in [0.1, 0.15) is 34.2 Å². The number of nitrogens with zero attached hydrogens (tertiary/aromatic N) is 2. The zero-order valence-electron chi connectivity index (χ0n) is 11.5. The molecule has 0 spiro atoms. The van der Waals surface area contributed by atoms with Crippen LogP contribution < -0.4 is 0 Å². The molecule has 0 bridgehead atoms. The van der Waals surface area contributed by atoms with Crippen LogP contribution in [-0.2, 0) is 11.3 Å². The fraction of sp³-hybridized carbons (Fsp3) is 0.333. The van der Waals surface area contributed by atoms with Crippen molar-refractivity contribution in [2.24, 2.45) is 0 Å². The first-order valence-corrected chi connectivity index (χ1v) is 6.38. The summed E-state index contributed by atoms with van der Waals surface area (Å²) in [7, 11) is 0. The van der Waals surface area contributed by atoms with E-state index in [9.17, 15) is 4.79 Å². The number of esters is 1. The lowest BCUT2D eigenvalue weighted by molar-refractivity contribution is 0.0518. The molecule has 0 unspecified atom stereocenters. The van der Waals surface area contributed by atoms with Gasteiger partial charge in [0.25, 0.3) is 0 Å². The van der Waals surface area contributed by atoms with E-state index in [1.165, 1.54) is 11.1 Å². The summed E-state index contributed by atoms with van der Waals surface area (Å²) < 4.78 is 6.78. The van der Waals surface area contributed by atoms with Crippen molar-refractivity contribution in [2.45, 2.75) is 27.3 Å². The molecule has 4 heteroatoms. The molecule has 100 valence electrons. The van der Waals surface area contributed by atoms with E-state index >= 15 is 0 Å². The van der Waals surface area contributed by atoms with E-state index in [1.54, 1.807) is 13.0 Å². The Morgan fingerprint density at radius 2 is 2.05 bits per heavy atom. The Kier molecular flexibility index (Phi) is 4.00. The minimum absolute atomic E-state index is 0.364. The largest absolute Gasteiger partial charge is 0.461 e. The molecule has 0 aliphatic rings. The quantitative estimate of drug-likeness (QED) is 0.792. The van der Waals surface area contributed by atoms with Crippen molar-refractivity contribution in [1.29, 1.82) is 0 Å². The van der Waals surface area contributed by atoms with Crippen molar-refractivity contribution in [3.63, 3.8) is 0 Å².